The molecule has 0 bridgehead atoms. The van der Waals surface area contributed by atoms with Crippen molar-refractivity contribution in [3.8, 4) is 5.75 Å². The van der Waals surface area contributed by atoms with Gasteiger partial charge in [-0.1, -0.05) is 0 Å². The average Bonchev–Trinajstić information content (AvgIpc) is 3.17. The summed E-state index contributed by atoms with van der Waals surface area (Å²) in [6.07, 6.45) is 6.80. The molecule has 2 aromatic heterocycles. The first-order valence-corrected chi connectivity index (χ1v) is 9.03. The van der Waals surface area contributed by atoms with Crippen molar-refractivity contribution in [3.05, 3.63) is 42.1 Å². The molecule has 2 fully saturated rings. The number of pyridine rings is 1. The Morgan fingerprint density at radius 1 is 1.20 bits per heavy atom. The molecule has 0 aromatic carbocycles. The van der Waals surface area contributed by atoms with Gasteiger partial charge in [-0.15, -0.1) is 0 Å². The number of nitrogens with zero attached hydrogens (tertiary/aromatic N) is 4. The Bertz CT molecular complexity index is 696. The Balaban J connectivity index is 1.40. The van der Waals surface area contributed by atoms with Gasteiger partial charge in [-0.3, -0.25) is 4.98 Å². The first kappa shape index (κ1) is 16.3. The lowest BCUT2D eigenvalue weighted by Crippen LogP contribution is -2.39. The van der Waals surface area contributed by atoms with E-state index >= 15 is 0 Å². The Hall–Kier alpha value is -2.21. The lowest BCUT2D eigenvalue weighted by atomic mass is 10.0. The number of aryl methyl sites for hydroxylation is 1. The summed E-state index contributed by atoms with van der Waals surface area (Å²) in [5.41, 5.74) is 1.12. The Morgan fingerprint density at radius 2 is 2.08 bits per heavy atom. The minimum Gasteiger partial charge on any atom is -0.489 e. The van der Waals surface area contributed by atoms with E-state index in [1.165, 1.54) is 0 Å². The summed E-state index contributed by atoms with van der Waals surface area (Å²) < 4.78 is 11.5. The molecule has 2 aromatic rings. The zero-order valence-electron chi connectivity index (χ0n) is 14.6. The molecule has 2 aliphatic heterocycles. The SMILES string of the molecule is Cc1nc(C2CCOC2)cc(N2CCC(Oc3cccnc3)CC2)n1. The van der Waals surface area contributed by atoms with E-state index in [2.05, 4.69) is 25.9 Å². The average molecular weight is 340 g/mol. The second kappa shape index (κ2) is 7.35. The zero-order valence-corrected chi connectivity index (χ0v) is 14.6. The van der Waals surface area contributed by atoms with Crippen LogP contribution in [0.5, 0.6) is 5.75 Å². The summed E-state index contributed by atoms with van der Waals surface area (Å²) in [6.45, 7) is 5.47. The fourth-order valence-electron chi connectivity index (χ4n) is 3.53. The maximum Gasteiger partial charge on any atom is 0.137 e. The van der Waals surface area contributed by atoms with Crippen molar-refractivity contribution >= 4 is 5.82 Å². The predicted octanol–water partition coefficient (Wildman–Crippen LogP) is 2.73. The van der Waals surface area contributed by atoms with Gasteiger partial charge in [0.25, 0.3) is 0 Å². The van der Waals surface area contributed by atoms with Gasteiger partial charge in [0.2, 0.25) is 0 Å². The lowest BCUT2D eigenvalue weighted by Gasteiger charge is -2.33. The van der Waals surface area contributed by atoms with E-state index in [0.29, 0.717) is 5.92 Å². The van der Waals surface area contributed by atoms with Crippen molar-refractivity contribution in [1.82, 2.24) is 15.0 Å². The van der Waals surface area contributed by atoms with Gasteiger partial charge in [0.1, 0.15) is 23.5 Å². The van der Waals surface area contributed by atoms with E-state index in [9.17, 15) is 0 Å². The summed E-state index contributed by atoms with van der Waals surface area (Å²) in [5.74, 6) is 3.14. The molecule has 4 heterocycles. The molecular formula is C19H24N4O2. The maximum atomic E-state index is 6.03. The summed E-state index contributed by atoms with van der Waals surface area (Å²) in [5, 5.41) is 0. The monoisotopic (exact) mass is 340 g/mol. The van der Waals surface area contributed by atoms with Crippen LogP contribution in [0.3, 0.4) is 0 Å². The number of anilines is 1. The van der Waals surface area contributed by atoms with Crippen molar-refractivity contribution in [2.24, 2.45) is 0 Å². The highest BCUT2D eigenvalue weighted by molar-refractivity contribution is 5.41. The number of ether oxygens (including phenoxy) is 2. The summed E-state index contributed by atoms with van der Waals surface area (Å²) in [6, 6.07) is 6.01. The maximum absolute atomic E-state index is 6.03. The Morgan fingerprint density at radius 3 is 2.80 bits per heavy atom. The van der Waals surface area contributed by atoms with Gasteiger partial charge in [0, 0.05) is 50.7 Å². The molecular weight excluding hydrogens is 316 g/mol. The van der Waals surface area contributed by atoms with Gasteiger partial charge in [-0.25, -0.2) is 9.97 Å². The standard InChI is InChI=1S/C19H24N4O2/c1-14-21-18(15-6-10-24-13-15)11-19(22-14)23-8-4-16(5-9-23)25-17-3-2-7-20-12-17/h2-3,7,11-12,15-16H,4-6,8-10,13H2,1H3. The number of rotatable bonds is 4. The third-order valence-electron chi connectivity index (χ3n) is 4.90. The minimum absolute atomic E-state index is 0.242. The van der Waals surface area contributed by atoms with Gasteiger partial charge < -0.3 is 14.4 Å². The number of hydrogen-bond donors (Lipinski definition) is 0. The molecule has 0 N–H and O–H groups in total. The topological polar surface area (TPSA) is 60.4 Å². The molecule has 6 heteroatoms. The van der Waals surface area contributed by atoms with Crippen LogP contribution >= 0.6 is 0 Å². The molecule has 0 saturated carbocycles. The number of hydrogen-bond acceptors (Lipinski definition) is 6. The molecule has 0 aliphatic carbocycles. The van der Waals surface area contributed by atoms with E-state index in [1.54, 1.807) is 12.4 Å². The van der Waals surface area contributed by atoms with Gasteiger partial charge in [-0.2, -0.15) is 0 Å². The molecule has 6 nitrogen and oxygen atoms in total. The lowest BCUT2D eigenvalue weighted by molar-refractivity contribution is 0.170. The molecule has 4 rings (SSSR count). The smallest absolute Gasteiger partial charge is 0.137 e. The van der Waals surface area contributed by atoms with Crippen LogP contribution in [0.2, 0.25) is 0 Å². The first-order chi connectivity index (χ1) is 12.3. The highest BCUT2D eigenvalue weighted by Gasteiger charge is 2.24. The van der Waals surface area contributed by atoms with Crippen LogP contribution in [0.25, 0.3) is 0 Å². The summed E-state index contributed by atoms with van der Waals surface area (Å²) in [4.78, 5) is 15.7. The Kier molecular flexibility index (Phi) is 4.78. The van der Waals surface area contributed by atoms with Gasteiger partial charge in [0.15, 0.2) is 0 Å². The van der Waals surface area contributed by atoms with Crippen LogP contribution in [0, 0.1) is 6.92 Å². The fourth-order valence-corrected chi connectivity index (χ4v) is 3.53. The van der Waals surface area contributed by atoms with Crippen LogP contribution in [-0.2, 0) is 4.74 Å². The Labute approximate surface area is 148 Å². The summed E-state index contributed by atoms with van der Waals surface area (Å²) in [7, 11) is 0. The largest absolute Gasteiger partial charge is 0.489 e. The van der Waals surface area contributed by atoms with E-state index in [4.69, 9.17) is 9.47 Å². The zero-order chi connectivity index (χ0) is 17.1. The van der Waals surface area contributed by atoms with E-state index in [-0.39, 0.29) is 6.10 Å². The molecule has 132 valence electrons. The number of piperidine rings is 1. The first-order valence-electron chi connectivity index (χ1n) is 9.03. The third-order valence-corrected chi connectivity index (χ3v) is 4.90. The van der Waals surface area contributed by atoms with Crippen LogP contribution in [0.1, 0.15) is 36.7 Å². The third kappa shape index (κ3) is 3.90. The van der Waals surface area contributed by atoms with Crippen molar-refractivity contribution in [1.29, 1.82) is 0 Å². The molecule has 2 saturated heterocycles. The molecule has 0 spiro atoms. The molecule has 1 unspecified atom stereocenters. The molecule has 25 heavy (non-hydrogen) atoms. The number of aromatic nitrogens is 3. The van der Waals surface area contributed by atoms with Crippen molar-refractivity contribution in [3.63, 3.8) is 0 Å². The molecule has 0 radical (unpaired) electrons. The van der Waals surface area contributed by atoms with Crippen LogP contribution in [-0.4, -0.2) is 47.4 Å². The quantitative estimate of drug-likeness (QED) is 0.853. The van der Waals surface area contributed by atoms with E-state index < -0.39 is 0 Å². The molecule has 1 atom stereocenters. The van der Waals surface area contributed by atoms with Crippen LogP contribution in [0.15, 0.2) is 30.6 Å². The molecule has 2 aliphatic rings. The minimum atomic E-state index is 0.242. The molecule has 0 amide bonds. The van der Waals surface area contributed by atoms with Crippen LogP contribution < -0.4 is 9.64 Å². The van der Waals surface area contributed by atoms with Gasteiger partial charge in [0.05, 0.1) is 18.5 Å². The highest BCUT2D eigenvalue weighted by Crippen LogP contribution is 2.28. The van der Waals surface area contributed by atoms with Crippen molar-refractivity contribution < 1.29 is 9.47 Å². The highest BCUT2D eigenvalue weighted by atomic mass is 16.5. The van der Waals surface area contributed by atoms with Gasteiger partial charge in [-0.05, 0) is 25.5 Å². The predicted molar refractivity (Wildman–Crippen MR) is 95.0 cm³/mol. The van der Waals surface area contributed by atoms with Crippen LogP contribution in [0.4, 0.5) is 5.82 Å². The van der Waals surface area contributed by atoms with E-state index in [1.807, 2.05) is 19.1 Å². The summed E-state index contributed by atoms with van der Waals surface area (Å²) >= 11 is 0. The normalized spacial score (nSPS) is 21.5. The second-order valence-corrected chi connectivity index (χ2v) is 6.75. The van der Waals surface area contributed by atoms with Gasteiger partial charge >= 0.3 is 0 Å². The van der Waals surface area contributed by atoms with Crippen molar-refractivity contribution in [2.75, 3.05) is 31.2 Å². The second-order valence-electron chi connectivity index (χ2n) is 6.75. The van der Waals surface area contributed by atoms with E-state index in [0.717, 1.165) is 68.7 Å². The fraction of sp³-hybridized carbons (Fsp3) is 0.526. The van der Waals surface area contributed by atoms with Crippen molar-refractivity contribution in [2.45, 2.75) is 38.2 Å².